The number of unbranched alkanes of at least 4 members (excludes halogenated alkanes) is 4. The number of hydrogen-bond donors (Lipinski definition) is 2. The predicted molar refractivity (Wildman–Crippen MR) is 64.9 cm³/mol. The van der Waals surface area contributed by atoms with Gasteiger partial charge >= 0.3 is 0 Å². The summed E-state index contributed by atoms with van der Waals surface area (Å²) in [5, 5.41) is 18.6. The van der Waals surface area contributed by atoms with Crippen LogP contribution in [0.25, 0.3) is 0 Å². The maximum absolute atomic E-state index is 9.59. The summed E-state index contributed by atoms with van der Waals surface area (Å²) >= 11 is 0. The van der Waals surface area contributed by atoms with Crippen molar-refractivity contribution >= 4 is 0 Å². The van der Waals surface area contributed by atoms with Crippen LogP contribution in [0.5, 0.6) is 0 Å². The Morgan fingerprint density at radius 2 is 1.33 bits per heavy atom. The first-order valence-corrected chi connectivity index (χ1v) is 6.53. The van der Waals surface area contributed by atoms with Gasteiger partial charge in [0.05, 0.1) is 12.2 Å². The molecule has 0 spiro atoms. The molecule has 2 heteroatoms. The third-order valence-electron chi connectivity index (χ3n) is 2.80. The van der Waals surface area contributed by atoms with Crippen molar-refractivity contribution in [1.82, 2.24) is 0 Å². The first-order chi connectivity index (χ1) is 7.16. The molecule has 92 valence electrons. The number of aliphatic hydroxyl groups excluding tert-OH is 2. The highest BCUT2D eigenvalue weighted by molar-refractivity contribution is 4.56. The Balaban J connectivity index is 3.09. The lowest BCUT2D eigenvalue weighted by Crippen LogP contribution is -2.05. The Bertz CT molecular complexity index is 124. The second-order valence-electron chi connectivity index (χ2n) is 4.64. The van der Waals surface area contributed by atoms with Crippen LogP contribution in [-0.2, 0) is 0 Å². The molecule has 2 N–H and O–H groups in total. The van der Waals surface area contributed by atoms with Crippen molar-refractivity contribution in [3.63, 3.8) is 0 Å². The van der Waals surface area contributed by atoms with E-state index in [0.717, 1.165) is 38.5 Å². The maximum atomic E-state index is 9.59. The van der Waals surface area contributed by atoms with Crippen LogP contribution in [0, 0.1) is 0 Å². The zero-order chi connectivity index (χ0) is 11.5. The van der Waals surface area contributed by atoms with Crippen LogP contribution >= 0.6 is 0 Å². The smallest absolute Gasteiger partial charge is 0.0540 e. The highest BCUT2D eigenvalue weighted by atomic mass is 16.3. The minimum Gasteiger partial charge on any atom is -0.393 e. The molecule has 0 aromatic carbocycles. The fraction of sp³-hybridized carbons (Fsp3) is 1.00. The molecule has 0 heterocycles. The van der Waals surface area contributed by atoms with Gasteiger partial charge in [-0.1, -0.05) is 45.4 Å². The van der Waals surface area contributed by atoms with Gasteiger partial charge < -0.3 is 10.2 Å². The molecule has 0 amide bonds. The number of rotatable bonds is 10. The van der Waals surface area contributed by atoms with Gasteiger partial charge in [-0.05, 0) is 26.2 Å². The van der Waals surface area contributed by atoms with Crippen molar-refractivity contribution in [2.45, 2.75) is 83.8 Å². The lowest BCUT2D eigenvalue weighted by Gasteiger charge is -2.09. The molecule has 0 fully saturated rings. The van der Waals surface area contributed by atoms with Crippen LogP contribution in [0.15, 0.2) is 0 Å². The van der Waals surface area contributed by atoms with E-state index in [4.69, 9.17) is 5.11 Å². The molecule has 0 aliphatic heterocycles. The largest absolute Gasteiger partial charge is 0.393 e. The minimum atomic E-state index is -0.153. The average molecular weight is 216 g/mol. The SMILES string of the molecule is CCCCC(O)CCCCCCC(C)O. The summed E-state index contributed by atoms with van der Waals surface area (Å²) < 4.78 is 0. The Kier molecular flexibility index (Phi) is 10.4. The molecule has 2 unspecified atom stereocenters. The fourth-order valence-electron chi connectivity index (χ4n) is 1.76. The Labute approximate surface area is 94.7 Å². The van der Waals surface area contributed by atoms with E-state index < -0.39 is 0 Å². The van der Waals surface area contributed by atoms with E-state index in [1.165, 1.54) is 19.3 Å². The van der Waals surface area contributed by atoms with E-state index in [-0.39, 0.29) is 12.2 Å². The molecule has 2 atom stereocenters. The highest BCUT2D eigenvalue weighted by Gasteiger charge is 2.02. The van der Waals surface area contributed by atoms with Crippen LogP contribution in [0.1, 0.15) is 71.6 Å². The summed E-state index contributed by atoms with van der Waals surface area (Å²) in [4.78, 5) is 0. The van der Waals surface area contributed by atoms with Crippen LogP contribution in [0.4, 0.5) is 0 Å². The molecule has 0 aromatic rings. The fourth-order valence-corrected chi connectivity index (χ4v) is 1.76. The summed E-state index contributed by atoms with van der Waals surface area (Å²) in [5.41, 5.74) is 0. The maximum Gasteiger partial charge on any atom is 0.0540 e. The summed E-state index contributed by atoms with van der Waals surface area (Å²) in [5.74, 6) is 0. The van der Waals surface area contributed by atoms with Crippen molar-refractivity contribution in [3.8, 4) is 0 Å². The molecule has 0 aliphatic rings. The summed E-state index contributed by atoms with van der Waals surface area (Å²) in [6, 6.07) is 0. The molecule has 0 aromatic heterocycles. The van der Waals surface area contributed by atoms with Crippen LogP contribution in [0.3, 0.4) is 0 Å². The molecule has 0 saturated heterocycles. The Morgan fingerprint density at radius 1 is 0.800 bits per heavy atom. The quantitative estimate of drug-likeness (QED) is 0.550. The van der Waals surface area contributed by atoms with Gasteiger partial charge in [-0.2, -0.15) is 0 Å². The Hall–Kier alpha value is -0.0800. The molecule has 0 radical (unpaired) electrons. The van der Waals surface area contributed by atoms with Crippen molar-refractivity contribution in [2.75, 3.05) is 0 Å². The molecular formula is C13H28O2. The minimum absolute atomic E-state index is 0.0817. The molecule has 0 aliphatic carbocycles. The second kappa shape index (κ2) is 10.4. The standard InChI is InChI=1S/C13H28O2/c1-3-4-10-13(15)11-8-6-5-7-9-12(2)14/h12-15H,3-11H2,1-2H3. The molecule has 2 nitrogen and oxygen atoms in total. The highest BCUT2D eigenvalue weighted by Crippen LogP contribution is 2.11. The van der Waals surface area contributed by atoms with Crippen LogP contribution in [-0.4, -0.2) is 22.4 Å². The van der Waals surface area contributed by atoms with Gasteiger partial charge in [0.1, 0.15) is 0 Å². The normalized spacial score (nSPS) is 15.2. The van der Waals surface area contributed by atoms with Crippen LogP contribution < -0.4 is 0 Å². The van der Waals surface area contributed by atoms with E-state index in [2.05, 4.69) is 6.92 Å². The van der Waals surface area contributed by atoms with E-state index in [0.29, 0.717) is 0 Å². The summed E-state index contributed by atoms with van der Waals surface area (Å²) in [7, 11) is 0. The van der Waals surface area contributed by atoms with E-state index in [1.807, 2.05) is 6.92 Å². The molecule has 15 heavy (non-hydrogen) atoms. The number of hydrogen-bond acceptors (Lipinski definition) is 2. The zero-order valence-electron chi connectivity index (χ0n) is 10.4. The van der Waals surface area contributed by atoms with Crippen molar-refractivity contribution in [2.24, 2.45) is 0 Å². The monoisotopic (exact) mass is 216 g/mol. The van der Waals surface area contributed by atoms with Crippen molar-refractivity contribution in [1.29, 1.82) is 0 Å². The van der Waals surface area contributed by atoms with Gasteiger partial charge in [-0.15, -0.1) is 0 Å². The topological polar surface area (TPSA) is 40.5 Å². The molecule has 0 rings (SSSR count). The van der Waals surface area contributed by atoms with Gasteiger partial charge in [0.25, 0.3) is 0 Å². The summed E-state index contributed by atoms with van der Waals surface area (Å²) in [6.45, 7) is 4.00. The van der Waals surface area contributed by atoms with Gasteiger partial charge in [0.15, 0.2) is 0 Å². The van der Waals surface area contributed by atoms with Gasteiger partial charge in [0.2, 0.25) is 0 Å². The third-order valence-corrected chi connectivity index (χ3v) is 2.80. The van der Waals surface area contributed by atoms with Crippen molar-refractivity contribution < 1.29 is 10.2 Å². The average Bonchev–Trinajstić information content (AvgIpc) is 2.19. The predicted octanol–water partition coefficient (Wildman–Crippen LogP) is 3.26. The second-order valence-corrected chi connectivity index (χ2v) is 4.64. The van der Waals surface area contributed by atoms with Gasteiger partial charge in [-0.25, -0.2) is 0 Å². The van der Waals surface area contributed by atoms with E-state index in [1.54, 1.807) is 0 Å². The lowest BCUT2D eigenvalue weighted by molar-refractivity contribution is 0.147. The van der Waals surface area contributed by atoms with Gasteiger partial charge in [0, 0.05) is 0 Å². The molecule has 0 bridgehead atoms. The van der Waals surface area contributed by atoms with Gasteiger partial charge in [-0.3, -0.25) is 0 Å². The van der Waals surface area contributed by atoms with E-state index in [9.17, 15) is 5.11 Å². The first kappa shape index (κ1) is 14.9. The molecule has 0 saturated carbocycles. The van der Waals surface area contributed by atoms with Crippen molar-refractivity contribution in [3.05, 3.63) is 0 Å². The lowest BCUT2D eigenvalue weighted by atomic mass is 10.0. The summed E-state index contributed by atoms with van der Waals surface area (Å²) in [6.07, 6.45) is 9.53. The Morgan fingerprint density at radius 3 is 1.87 bits per heavy atom. The van der Waals surface area contributed by atoms with Crippen LogP contribution in [0.2, 0.25) is 0 Å². The number of aliphatic hydroxyl groups is 2. The first-order valence-electron chi connectivity index (χ1n) is 6.53. The molecular weight excluding hydrogens is 188 g/mol. The zero-order valence-corrected chi connectivity index (χ0v) is 10.4. The third kappa shape index (κ3) is 11.8. The van der Waals surface area contributed by atoms with E-state index >= 15 is 0 Å².